The second-order valence-corrected chi connectivity index (χ2v) is 4.29. The molecule has 1 atom stereocenters. The van der Waals surface area contributed by atoms with Crippen molar-refractivity contribution in [3.05, 3.63) is 46.4 Å². The minimum absolute atomic E-state index is 0.0431. The van der Waals surface area contributed by atoms with Crippen LogP contribution in [0.15, 0.2) is 35.3 Å². The van der Waals surface area contributed by atoms with Crippen LogP contribution in [0.4, 0.5) is 0 Å². The molecule has 2 rings (SSSR count). The Morgan fingerprint density at radius 1 is 1.33 bits per heavy atom. The van der Waals surface area contributed by atoms with Crippen LogP contribution in [0.3, 0.4) is 0 Å². The lowest BCUT2D eigenvalue weighted by Gasteiger charge is -2.15. The number of H-pyrrole nitrogens is 1. The first-order valence-corrected chi connectivity index (χ1v) is 6.06. The normalized spacial score (nSPS) is 12.8. The molecule has 0 aliphatic rings. The Hall–Kier alpha value is -1.65. The van der Waals surface area contributed by atoms with Gasteiger partial charge >= 0.3 is 0 Å². The second-order valence-electron chi connectivity index (χ2n) is 4.29. The van der Waals surface area contributed by atoms with Crippen LogP contribution in [0.25, 0.3) is 10.8 Å². The van der Waals surface area contributed by atoms with Crippen molar-refractivity contribution in [2.24, 2.45) is 0 Å². The van der Waals surface area contributed by atoms with Crippen molar-refractivity contribution in [1.82, 2.24) is 10.3 Å². The van der Waals surface area contributed by atoms with Gasteiger partial charge in [0, 0.05) is 31.3 Å². The number of pyridine rings is 1. The van der Waals surface area contributed by atoms with E-state index in [-0.39, 0.29) is 11.6 Å². The molecule has 0 bridgehead atoms. The number of nitrogens with one attached hydrogen (secondary N) is 2. The van der Waals surface area contributed by atoms with E-state index in [1.807, 2.05) is 24.3 Å². The molecule has 2 aromatic rings. The van der Waals surface area contributed by atoms with Crippen LogP contribution in [0.2, 0.25) is 0 Å². The molecular weight excluding hydrogens is 228 g/mol. The summed E-state index contributed by atoms with van der Waals surface area (Å²) in [5.41, 5.74) is 1.06. The van der Waals surface area contributed by atoms with Gasteiger partial charge in [0.05, 0.1) is 6.61 Å². The SMILES string of the molecule is COCCN[C@H](C)c1c[nH]c(=O)c2ccccc12. The second kappa shape index (κ2) is 5.80. The molecule has 1 heterocycles. The summed E-state index contributed by atoms with van der Waals surface area (Å²) in [6, 6.07) is 7.83. The number of hydrogen-bond donors (Lipinski definition) is 2. The Bertz CT molecular complexity index is 577. The van der Waals surface area contributed by atoms with Gasteiger partial charge in [-0.1, -0.05) is 18.2 Å². The van der Waals surface area contributed by atoms with Gasteiger partial charge in [0.15, 0.2) is 0 Å². The van der Waals surface area contributed by atoms with Gasteiger partial charge in [-0.3, -0.25) is 4.79 Å². The molecule has 1 aromatic carbocycles. The van der Waals surface area contributed by atoms with E-state index in [0.717, 1.165) is 22.9 Å². The highest BCUT2D eigenvalue weighted by Gasteiger charge is 2.10. The minimum Gasteiger partial charge on any atom is -0.383 e. The molecule has 2 N–H and O–H groups in total. The molecule has 0 aliphatic carbocycles. The van der Waals surface area contributed by atoms with E-state index in [0.29, 0.717) is 6.61 Å². The molecule has 4 heteroatoms. The number of aromatic amines is 1. The molecule has 1 aromatic heterocycles. The minimum atomic E-state index is -0.0431. The van der Waals surface area contributed by atoms with Crippen LogP contribution in [-0.2, 0) is 4.74 Å². The van der Waals surface area contributed by atoms with Gasteiger partial charge in [-0.05, 0) is 23.9 Å². The summed E-state index contributed by atoms with van der Waals surface area (Å²) in [6.45, 7) is 3.53. The summed E-state index contributed by atoms with van der Waals surface area (Å²) >= 11 is 0. The molecule has 0 unspecified atom stereocenters. The molecule has 0 amide bonds. The topological polar surface area (TPSA) is 54.1 Å². The maximum absolute atomic E-state index is 11.7. The van der Waals surface area contributed by atoms with Crippen LogP contribution in [0.5, 0.6) is 0 Å². The highest BCUT2D eigenvalue weighted by atomic mass is 16.5. The third-order valence-corrected chi connectivity index (χ3v) is 3.06. The summed E-state index contributed by atoms with van der Waals surface area (Å²) in [7, 11) is 1.68. The lowest BCUT2D eigenvalue weighted by molar-refractivity contribution is 0.196. The number of ether oxygens (including phenoxy) is 1. The Morgan fingerprint density at radius 3 is 2.78 bits per heavy atom. The molecular formula is C14H18N2O2. The van der Waals surface area contributed by atoms with Crippen LogP contribution in [-0.4, -0.2) is 25.2 Å². The van der Waals surface area contributed by atoms with E-state index in [1.165, 1.54) is 0 Å². The molecule has 0 saturated carbocycles. The first-order valence-electron chi connectivity index (χ1n) is 6.06. The van der Waals surface area contributed by atoms with Crippen molar-refractivity contribution >= 4 is 10.8 Å². The van der Waals surface area contributed by atoms with Crippen molar-refractivity contribution in [2.45, 2.75) is 13.0 Å². The van der Waals surface area contributed by atoms with Crippen molar-refractivity contribution in [1.29, 1.82) is 0 Å². The Morgan fingerprint density at radius 2 is 2.06 bits per heavy atom. The monoisotopic (exact) mass is 246 g/mol. The predicted octanol–water partition coefficient (Wildman–Crippen LogP) is 1.83. The largest absolute Gasteiger partial charge is 0.383 e. The zero-order chi connectivity index (χ0) is 13.0. The average Bonchev–Trinajstić information content (AvgIpc) is 2.39. The third-order valence-electron chi connectivity index (χ3n) is 3.06. The van der Waals surface area contributed by atoms with Gasteiger partial charge in [-0.2, -0.15) is 0 Å². The van der Waals surface area contributed by atoms with Crippen LogP contribution < -0.4 is 10.9 Å². The molecule has 18 heavy (non-hydrogen) atoms. The third kappa shape index (κ3) is 2.60. The van der Waals surface area contributed by atoms with E-state index >= 15 is 0 Å². The smallest absolute Gasteiger partial charge is 0.255 e. The Kier molecular flexibility index (Phi) is 4.12. The maximum atomic E-state index is 11.7. The predicted molar refractivity (Wildman–Crippen MR) is 72.9 cm³/mol. The highest BCUT2D eigenvalue weighted by Crippen LogP contribution is 2.20. The fourth-order valence-electron chi connectivity index (χ4n) is 2.08. The number of rotatable bonds is 5. The fraction of sp³-hybridized carbons (Fsp3) is 0.357. The van der Waals surface area contributed by atoms with Crippen molar-refractivity contribution in [3.63, 3.8) is 0 Å². The zero-order valence-corrected chi connectivity index (χ0v) is 10.7. The van der Waals surface area contributed by atoms with E-state index in [2.05, 4.69) is 17.2 Å². The summed E-state index contributed by atoms with van der Waals surface area (Å²) in [4.78, 5) is 14.5. The lowest BCUT2D eigenvalue weighted by Crippen LogP contribution is -2.24. The first kappa shape index (κ1) is 12.8. The van der Waals surface area contributed by atoms with Gasteiger partial charge in [0.1, 0.15) is 0 Å². The summed E-state index contributed by atoms with van der Waals surface area (Å²) < 4.78 is 5.01. The van der Waals surface area contributed by atoms with Gasteiger partial charge in [-0.15, -0.1) is 0 Å². The zero-order valence-electron chi connectivity index (χ0n) is 10.7. The van der Waals surface area contributed by atoms with E-state index in [9.17, 15) is 4.79 Å². The van der Waals surface area contributed by atoms with Crippen LogP contribution in [0.1, 0.15) is 18.5 Å². The molecule has 0 aliphatic heterocycles. The van der Waals surface area contributed by atoms with E-state index in [1.54, 1.807) is 13.3 Å². The first-order chi connectivity index (χ1) is 8.74. The molecule has 96 valence electrons. The summed E-state index contributed by atoms with van der Waals surface area (Å²) in [5.74, 6) is 0. The maximum Gasteiger partial charge on any atom is 0.255 e. The van der Waals surface area contributed by atoms with E-state index in [4.69, 9.17) is 4.74 Å². The van der Waals surface area contributed by atoms with Gasteiger partial charge in [0.2, 0.25) is 0 Å². The quantitative estimate of drug-likeness (QED) is 0.791. The van der Waals surface area contributed by atoms with Gasteiger partial charge in [-0.25, -0.2) is 0 Å². The Balaban J connectivity index is 2.33. The number of benzene rings is 1. The number of aromatic nitrogens is 1. The van der Waals surface area contributed by atoms with Crippen molar-refractivity contribution < 1.29 is 4.74 Å². The average molecular weight is 246 g/mol. The van der Waals surface area contributed by atoms with Gasteiger partial charge in [0.25, 0.3) is 5.56 Å². The van der Waals surface area contributed by atoms with Crippen molar-refractivity contribution in [3.8, 4) is 0 Å². The standard InChI is InChI=1S/C14H18N2O2/c1-10(15-7-8-18-2)13-9-16-14(17)12-6-4-3-5-11(12)13/h3-6,9-10,15H,7-8H2,1-2H3,(H,16,17)/t10-/m1/s1. The highest BCUT2D eigenvalue weighted by molar-refractivity contribution is 5.84. The van der Waals surface area contributed by atoms with E-state index < -0.39 is 0 Å². The molecule has 0 saturated heterocycles. The van der Waals surface area contributed by atoms with Crippen LogP contribution >= 0.6 is 0 Å². The molecule has 0 radical (unpaired) electrons. The summed E-state index contributed by atoms with van der Waals surface area (Å²) in [6.07, 6.45) is 1.79. The Labute approximate surface area is 106 Å². The lowest BCUT2D eigenvalue weighted by atomic mass is 10.0. The summed E-state index contributed by atoms with van der Waals surface area (Å²) in [5, 5.41) is 5.09. The van der Waals surface area contributed by atoms with Gasteiger partial charge < -0.3 is 15.0 Å². The molecule has 0 spiro atoms. The number of fused-ring (bicyclic) bond motifs is 1. The number of hydrogen-bond acceptors (Lipinski definition) is 3. The fourth-order valence-corrected chi connectivity index (χ4v) is 2.08. The number of methoxy groups -OCH3 is 1. The van der Waals surface area contributed by atoms with Crippen LogP contribution in [0, 0.1) is 0 Å². The molecule has 0 fully saturated rings. The molecule has 4 nitrogen and oxygen atoms in total. The van der Waals surface area contributed by atoms with Crippen molar-refractivity contribution in [2.75, 3.05) is 20.3 Å².